The van der Waals surface area contributed by atoms with Crippen molar-refractivity contribution in [2.75, 3.05) is 31.4 Å². The zero-order valence-corrected chi connectivity index (χ0v) is 19.6. The third-order valence-corrected chi connectivity index (χ3v) is 5.94. The first-order valence-corrected chi connectivity index (χ1v) is 11.1. The molecule has 2 aromatic heterocycles. The SMILES string of the molecule is CNc1nc(Nc2ccc(-n3cnc(Cl)c3)c(OC)c2)nc2c1COCC2c1ccc(F)c(F)c1. The summed E-state index contributed by atoms with van der Waals surface area (Å²) < 4.78 is 40.5. The van der Waals surface area contributed by atoms with Crippen molar-refractivity contribution in [1.82, 2.24) is 19.5 Å². The zero-order chi connectivity index (χ0) is 24.5. The van der Waals surface area contributed by atoms with Gasteiger partial charge in [0.05, 0.1) is 37.6 Å². The molecule has 0 fully saturated rings. The second-order valence-corrected chi connectivity index (χ2v) is 8.25. The van der Waals surface area contributed by atoms with Gasteiger partial charge in [-0.1, -0.05) is 17.7 Å². The molecule has 0 saturated heterocycles. The van der Waals surface area contributed by atoms with Crippen LogP contribution in [0.25, 0.3) is 5.69 Å². The van der Waals surface area contributed by atoms with Gasteiger partial charge in [-0.15, -0.1) is 0 Å². The molecule has 4 aromatic rings. The fraction of sp³-hybridized carbons (Fsp3) is 0.208. The van der Waals surface area contributed by atoms with Crippen LogP contribution in [-0.2, 0) is 11.3 Å². The summed E-state index contributed by atoms with van der Waals surface area (Å²) in [6.45, 7) is 0.593. The molecule has 11 heteroatoms. The molecule has 8 nitrogen and oxygen atoms in total. The van der Waals surface area contributed by atoms with Crippen LogP contribution < -0.4 is 15.4 Å². The van der Waals surface area contributed by atoms with Crippen molar-refractivity contribution in [3.63, 3.8) is 0 Å². The van der Waals surface area contributed by atoms with E-state index >= 15 is 0 Å². The lowest BCUT2D eigenvalue weighted by atomic mass is 9.91. The first-order valence-electron chi connectivity index (χ1n) is 10.7. The van der Waals surface area contributed by atoms with Gasteiger partial charge in [0.15, 0.2) is 11.6 Å². The molecule has 0 saturated carbocycles. The molecule has 0 spiro atoms. The Kier molecular flexibility index (Phi) is 6.23. The summed E-state index contributed by atoms with van der Waals surface area (Å²) in [7, 11) is 3.32. The molecule has 0 amide bonds. The Morgan fingerprint density at radius 3 is 2.71 bits per heavy atom. The largest absolute Gasteiger partial charge is 0.494 e. The van der Waals surface area contributed by atoms with E-state index in [1.165, 1.54) is 6.07 Å². The van der Waals surface area contributed by atoms with Crippen molar-refractivity contribution in [3.8, 4) is 11.4 Å². The normalized spacial score (nSPS) is 14.9. The number of nitrogens with zero attached hydrogens (tertiary/aromatic N) is 4. The number of hydrogen-bond acceptors (Lipinski definition) is 7. The Balaban J connectivity index is 1.51. The Hall–Kier alpha value is -3.76. The maximum atomic E-state index is 14.0. The monoisotopic (exact) mass is 498 g/mol. The minimum Gasteiger partial charge on any atom is -0.494 e. The number of aromatic nitrogens is 4. The van der Waals surface area contributed by atoms with E-state index in [1.807, 2.05) is 12.1 Å². The Labute approximate surface area is 204 Å². The number of nitrogens with one attached hydrogen (secondary N) is 2. The van der Waals surface area contributed by atoms with Crippen molar-refractivity contribution in [1.29, 1.82) is 0 Å². The van der Waals surface area contributed by atoms with Gasteiger partial charge in [0.25, 0.3) is 0 Å². The maximum absolute atomic E-state index is 14.0. The van der Waals surface area contributed by atoms with E-state index in [-0.39, 0.29) is 12.5 Å². The number of hydrogen-bond donors (Lipinski definition) is 2. The molecule has 2 aromatic carbocycles. The van der Waals surface area contributed by atoms with E-state index in [9.17, 15) is 8.78 Å². The van der Waals surface area contributed by atoms with Crippen LogP contribution in [0.1, 0.15) is 22.7 Å². The molecule has 3 heterocycles. The van der Waals surface area contributed by atoms with Crippen molar-refractivity contribution in [2.45, 2.75) is 12.5 Å². The fourth-order valence-corrected chi connectivity index (χ4v) is 4.21. The van der Waals surface area contributed by atoms with Crippen LogP contribution in [0, 0.1) is 11.6 Å². The van der Waals surface area contributed by atoms with Crippen LogP contribution in [0.15, 0.2) is 48.9 Å². The van der Waals surface area contributed by atoms with Crippen LogP contribution in [-0.4, -0.2) is 40.3 Å². The van der Waals surface area contributed by atoms with Gasteiger partial charge in [0.2, 0.25) is 5.95 Å². The molecule has 0 radical (unpaired) electrons. The van der Waals surface area contributed by atoms with Crippen LogP contribution in [0.3, 0.4) is 0 Å². The van der Waals surface area contributed by atoms with E-state index in [2.05, 4.69) is 20.6 Å². The Morgan fingerprint density at radius 2 is 2.00 bits per heavy atom. The van der Waals surface area contributed by atoms with Crippen molar-refractivity contribution < 1.29 is 18.3 Å². The van der Waals surface area contributed by atoms with Gasteiger partial charge in [-0.05, 0) is 29.8 Å². The summed E-state index contributed by atoms with van der Waals surface area (Å²) in [6, 6.07) is 9.35. The van der Waals surface area contributed by atoms with E-state index < -0.39 is 11.6 Å². The summed E-state index contributed by atoms with van der Waals surface area (Å²) in [5.41, 5.74) is 3.47. The second kappa shape index (κ2) is 9.47. The van der Waals surface area contributed by atoms with Gasteiger partial charge in [-0.25, -0.2) is 18.7 Å². The highest BCUT2D eigenvalue weighted by atomic mass is 35.5. The molecule has 2 N–H and O–H groups in total. The maximum Gasteiger partial charge on any atom is 0.229 e. The predicted octanol–water partition coefficient (Wildman–Crippen LogP) is 5.05. The third kappa shape index (κ3) is 4.50. The number of benzene rings is 2. The van der Waals surface area contributed by atoms with E-state index in [4.69, 9.17) is 26.1 Å². The van der Waals surface area contributed by atoms with Gasteiger partial charge in [-0.2, -0.15) is 4.98 Å². The minimum atomic E-state index is -0.915. The highest BCUT2D eigenvalue weighted by Crippen LogP contribution is 2.36. The van der Waals surface area contributed by atoms with E-state index in [1.54, 1.807) is 43.4 Å². The number of halogens is 3. The average molecular weight is 499 g/mol. The number of fused-ring (bicyclic) bond motifs is 1. The molecule has 180 valence electrons. The molecule has 0 aliphatic carbocycles. The summed E-state index contributed by atoms with van der Waals surface area (Å²) in [5.74, 6) is -0.690. The second-order valence-electron chi connectivity index (χ2n) is 7.87. The van der Waals surface area contributed by atoms with Crippen molar-refractivity contribution in [3.05, 3.63) is 82.5 Å². The molecule has 1 aliphatic rings. The van der Waals surface area contributed by atoms with Crippen molar-refractivity contribution >= 4 is 29.1 Å². The zero-order valence-electron chi connectivity index (χ0n) is 18.8. The summed E-state index contributed by atoms with van der Waals surface area (Å²) in [5, 5.41) is 6.66. The predicted molar refractivity (Wildman–Crippen MR) is 128 cm³/mol. The molecule has 1 aliphatic heterocycles. The summed E-state index contributed by atoms with van der Waals surface area (Å²) in [4.78, 5) is 13.3. The molecule has 5 rings (SSSR count). The van der Waals surface area contributed by atoms with Gasteiger partial charge < -0.3 is 24.7 Å². The molecule has 0 bridgehead atoms. The van der Waals surface area contributed by atoms with Crippen LogP contribution in [0.5, 0.6) is 5.75 Å². The molecule has 1 unspecified atom stereocenters. The van der Waals surface area contributed by atoms with Gasteiger partial charge >= 0.3 is 0 Å². The van der Waals surface area contributed by atoms with E-state index in [0.29, 0.717) is 46.2 Å². The number of ether oxygens (including phenoxy) is 2. The van der Waals surface area contributed by atoms with Gasteiger partial charge in [-0.3, -0.25) is 0 Å². The van der Waals surface area contributed by atoms with Crippen LogP contribution in [0.4, 0.5) is 26.2 Å². The van der Waals surface area contributed by atoms with Crippen molar-refractivity contribution in [2.24, 2.45) is 0 Å². The number of imidazole rings is 1. The topological polar surface area (TPSA) is 86.1 Å². The number of rotatable bonds is 6. The quantitative estimate of drug-likeness (QED) is 0.384. The highest BCUT2D eigenvalue weighted by molar-refractivity contribution is 6.29. The number of anilines is 3. The molecule has 1 atom stereocenters. The first-order chi connectivity index (χ1) is 17.0. The lowest BCUT2D eigenvalue weighted by molar-refractivity contribution is 0.0978. The standard InChI is InChI=1S/C24H21ClF2N6O2/c1-28-23-16-11-35-10-15(13-3-5-17(26)18(27)7-13)22(16)31-24(32-23)30-14-4-6-19(20(8-14)34-2)33-9-21(25)29-12-33/h3-9,12,15H,10-11H2,1-2H3,(H2,28,30,31,32). The van der Waals surface area contributed by atoms with Gasteiger partial charge in [0.1, 0.15) is 23.0 Å². The fourth-order valence-electron chi connectivity index (χ4n) is 4.06. The summed E-state index contributed by atoms with van der Waals surface area (Å²) in [6.07, 6.45) is 3.28. The van der Waals surface area contributed by atoms with Gasteiger partial charge in [0, 0.05) is 30.6 Å². The smallest absolute Gasteiger partial charge is 0.229 e. The number of methoxy groups -OCH3 is 1. The van der Waals surface area contributed by atoms with Crippen LogP contribution in [0.2, 0.25) is 5.15 Å². The first kappa shape index (κ1) is 23.0. The Morgan fingerprint density at radius 1 is 1.14 bits per heavy atom. The summed E-state index contributed by atoms with van der Waals surface area (Å²) >= 11 is 5.95. The lowest BCUT2D eigenvalue weighted by Crippen LogP contribution is -2.22. The molecule has 35 heavy (non-hydrogen) atoms. The minimum absolute atomic E-state index is 0.285. The third-order valence-electron chi connectivity index (χ3n) is 5.75. The molecular formula is C24H21ClF2N6O2. The average Bonchev–Trinajstić information content (AvgIpc) is 3.30. The Bertz CT molecular complexity index is 1400. The highest BCUT2D eigenvalue weighted by Gasteiger charge is 2.28. The van der Waals surface area contributed by atoms with E-state index in [0.717, 1.165) is 17.3 Å². The lowest BCUT2D eigenvalue weighted by Gasteiger charge is -2.27. The molecular weight excluding hydrogens is 478 g/mol. The van der Waals surface area contributed by atoms with Crippen LogP contribution >= 0.6 is 11.6 Å².